The van der Waals surface area contributed by atoms with E-state index in [1.807, 2.05) is 5.32 Å². The molecule has 150 valence electrons. The van der Waals surface area contributed by atoms with Crippen molar-refractivity contribution in [2.24, 2.45) is 4.99 Å². The first kappa shape index (κ1) is 21.3. The van der Waals surface area contributed by atoms with E-state index in [4.69, 9.17) is 0 Å². The first-order valence-corrected chi connectivity index (χ1v) is 7.32. The highest BCUT2D eigenvalue weighted by atomic mass is 32.2. The number of benzene rings is 1. The first-order chi connectivity index (χ1) is 12.1. The van der Waals surface area contributed by atoms with Crippen LogP contribution in [0.15, 0.2) is 40.0 Å². The minimum atomic E-state index is -6.43. The standard InChI is InChI=1S/C13H5F11N2S/c14-5-1-3-6(4-2-5)25-9-26-10(12(19,20)21,13(22,23)24)8(27-9)7(15)11(16,17)18/h1-4H,(H,25,26). The summed E-state index contributed by atoms with van der Waals surface area (Å²) >= 11 is -0.805. The Kier molecular flexibility index (Phi) is 5.18. The number of nitrogens with zero attached hydrogens (tertiary/aromatic N) is 1. The third-order valence-corrected chi connectivity index (χ3v) is 4.23. The molecule has 2 rings (SSSR count). The fourth-order valence-corrected chi connectivity index (χ4v) is 3.16. The maximum absolute atomic E-state index is 13.5. The lowest BCUT2D eigenvalue weighted by atomic mass is 9.97. The van der Waals surface area contributed by atoms with Crippen LogP contribution in [0.1, 0.15) is 0 Å². The molecule has 1 N–H and O–H groups in total. The van der Waals surface area contributed by atoms with E-state index in [9.17, 15) is 48.3 Å². The second-order valence-corrected chi connectivity index (χ2v) is 6.00. The lowest BCUT2D eigenvalue weighted by molar-refractivity contribution is -0.280. The number of amidine groups is 1. The molecule has 0 fully saturated rings. The molecule has 0 aromatic heterocycles. The number of hydrogen-bond acceptors (Lipinski definition) is 3. The van der Waals surface area contributed by atoms with Gasteiger partial charge in [-0.1, -0.05) is 11.8 Å². The third-order valence-electron chi connectivity index (χ3n) is 3.16. The van der Waals surface area contributed by atoms with Crippen LogP contribution in [0.4, 0.5) is 54.0 Å². The molecule has 0 radical (unpaired) electrons. The van der Waals surface area contributed by atoms with Gasteiger partial charge in [0.25, 0.3) is 5.54 Å². The number of thioether (sulfide) groups is 1. The van der Waals surface area contributed by atoms with Crippen LogP contribution in [0.3, 0.4) is 0 Å². The SMILES string of the molecule is FC(=C1SC(Nc2ccc(F)cc2)=NC1(C(F)(F)F)C(F)(F)F)C(F)(F)F. The molecule has 1 aromatic carbocycles. The molecule has 0 saturated carbocycles. The summed E-state index contributed by atoms with van der Waals surface area (Å²) in [6.07, 6.45) is -19.0. The number of nitrogens with one attached hydrogen (secondary N) is 1. The van der Waals surface area contributed by atoms with E-state index in [1.165, 1.54) is 0 Å². The Hall–Kier alpha value is -1.99. The van der Waals surface area contributed by atoms with Crippen LogP contribution >= 0.6 is 11.8 Å². The van der Waals surface area contributed by atoms with Crippen LogP contribution in [0.5, 0.6) is 0 Å². The van der Waals surface area contributed by atoms with Crippen molar-refractivity contribution in [1.82, 2.24) is 0 Å². The zero-order valence-electron chi connectivity index (χ0n) is 12.3. The van der Waals surface area contributed by atoms with E-state index in [-0.39, 0.29) is 5.69 Å². The molecule has 1 heterocycles. The molecule has 0 saturated heterocycles. The number of allylic oxidation sites excluding steroid dienone is 1. The number of rotatable bonds is 1. The maximum atomic E-state index is 13.5. The van der Waals surface area contributed by atoms with E-state index in [0.29, 0.717) is 0 Å². The molecular weight excluding hydrogens is 425 g/mol. The molecule has 14 heteroatoms. The van der Waals surface area contributed by atoms with Crippen molar-refractivity contribution in [3.8, 4) is 0 Å². The summed E-state index contributed by atoms with van der Waals surface area (Å²) in [7, 11) is 0. The molecule has 2 nitrogen and oxygen atoms in total. The van der Waals surface area contributed by atoms with Gasteiger partial charge in [0.1, 0.15) is 5.82 Å². The van der Waals surface area contributed by atoms with Gasteiger partial charge >= 0.3 is 18.5 Å². The number of anilines is 1. The molecule has 0 bridgehead atoms. The molecule has 0 unspecified atom stereocenters. The third kappa shape index (κ3) is 3.84. The van der Waals surface area contributed by atoms with Crippen LogP contribution in [0.2, 0.25) is 0 Å². The lowest BCUT2D eigenvalue weighted by Gasteiger charge is -2.31. The summed E-state index contributed by atoms with van der Waals surface area (Å²) in [6.45, 7) is 0. The van der Waals surface area contributed by atoms with Crippen LogP contribution in [-0.4, -0.2) is 29.2 Å². The largest absolute Gasteiger partial charge is 0.443 e. The van der Waals surface area contributed by atoms with E-state index >= 15 is 0 Å². The Bertz CT molecular complexity index is 757. The summed E-state index contributed by atoms with van der Waals surface area (Å²) in [4.78, 5) is -0.386. The molecule has 27 heavy (non-hydrogen) atoms. The van der Waals surface area contributed by atoms with Gasteiger partial charge in [-0.15, -0.1) is 0 Å². The normalized spacial score (nSPS) is 19.7. The summed E-state index contributed by atoms with van der Waals surface area (Å²) in [5.74, 6) is -4.37. The minimum Gasteiger partial charge on any atom is -0.335 e. The van der Waals surface area contributed by atoms with Crippen molar-refractivity contribution in [2.75, 3.05) is 5.32 Å². The van der Waals surface area contributed by atoms with Crippen molar-refractivity contribution >= 4 is 22.6 Å². The second kappa shape index (κ2) is 6.56. The molecule has 1 aromatic rings. The van der Waals surface area contributed by atoms with E-state index in [0.717, 1.165) is 24.3 Å². The Morgan fingerprint density at radius 3 is 1.78 bits per heavy atom. The fraction of sp³-hybridized carbons (Fsp3) is 0.308. The summed E-state index contributed by atoms with van der Waals surface area (Å²) in [6, 6.07) is 3.30. The molecule has 0 amide bonds. The van der Waals surface area contributed by atoms with Gasteiger partial charge in [-0.3, -0.25) is 0 Å². The Labute approximate surface area is 147 Å². The average Bonchev–Trinajstić information content (AvgIpc) is 2.88. The summed E-state index contributed by atoms with van der Waals surface area (Å²) in [5.41, 5.74) is -5.72. The van der Waals surface area contributed by atoms with Crippen LogP contribution in [0.25, 0.3) is 0 Å². The van der Waals surface area contributed by atoms with Gasteiger partial charge < -0.3 is 5.32 Å². The van der Waals surface area contributed by atoms with Gasteiger partial charge in [-0.2, -0.15) is 39.5 Å². The van der Waals surface area contributed by atoms with E-state index < -0.39 is 57.5 Å². The lowest BCUT2D eigenvalue weighted by Crippen LogP contribution is -2.55. The Morgan fingerprint density at radius 1 is 0.889 bits per heavy atom. The first-order valence-electron chi connectivity index (χ1n) is 6.51. The predicted octanol–water partition coefficient (Wildman–Crippen LogP) is 5.95. The second-order valence-electron chi connectivity index (χ2n) is 5.00. The van der Waals surface area contributed by atoms with Gasteiger partial charge in [-0.25, -0.2) is 13.8 Å². The highest BCUT2D eigenvalue weighted by molar-refractivity contribution is 8.17. The zero-order valence-corrected chi connectivity index (χ0v) is 13.1. The van der Waals surface area contributed by atoms with E-state index in [1.54, 1.807) is 0 Å². The summed E-state index contributed by atoms with van der Waals surface area (Å²) < 4.78 is 143. The van der Waals surface area contributed by atoms with Gasteiger partial charge in [0.15, 0.2) is 5.17 Å². The highest BCUT2D eigenvalue weighted by Crippen LogP contribution is 2.59. The van der Waals surface area contributed by atoms with Crippen molar-refractivity contribution < 1.29 is 48.3 Å². The van der Waals surface area contributed by atoms with Crippen molar-refractivity contribution in [3.63, 3.8) is 0 Å². The smallest absolute Gasteiger partial charge is 0.335 e. The molecule has 1 aliphatic heterocycles. The Morgan fingerprint density at radius 2 is 1.37 bits per heavy atom. The average molecular weight is 430 g/mol. The Balaban J connectivity index is 2.65. The monoisotopic (exact) mass is 430 g/mol. The maximum Gasteiger partial charge on any atom is 0.443 e. The molecule has 1 aliphatic rings. The fourth-order valence-electron chi connectivity index (χ4n) is 1.98. The zero-order chi connectivity index (χ0) is 20.8. The highest BCUT2D eigenvalue weighted by Gasteiger charge is 2.77. The quantitative estimate of drug-likeness (QED) is 0.558. The number of halogens is 11. The van der Waals surface area contributed by atoms with Crippen molar-refractivity contribution in [3.05, 3.63) is 40.8 Å². The van der Waals surface area contributed by atoms with Gasteiger partial charge in [0.05, 0.1) is 4.91 Å². The number of hydrogen-bond donors (Lipinski definition) is 1. The van der Waals surface area contributed by atoms with Crippen LogP contribution < -0.4 is 5.32 Å². The predicted molar refractivity (Wildman–Crippen MR) is 74.1 cm³/mol. The molecule has 0 atom stereocenters. The van der Waals surface area contributed by atoms with Crippen molar-refractivity contribution in [1.29, 1.82) is 0 Å². The van der Waals surface area contributed by atoms with Gasteiger partial charge in [0.2, 0.25) is 5.83 Å². The van der Waals surface area contributed by atoms with Crippen LogP contribution in [0, 0.1) is 5.82 Å². The topological polar surface area (TPSA) is 24.4 Å². The number of alkyl halides is 9. The van der Waals surface area contributed by atoms with Gasteiger partial charge in [-0.05, 0) is 24.3 Å². The molecular formula is C13H5F11N2S. The van der Waals surface area contributed by atoms with Crippen molar-refractivity contribution in [2.45, 2.75) is 24.1 Å². The minimum absolute atomic E-state index is 0.283. The summed E-state index contributed by atoms with van der Waals surface area (Å²) in [5, 5.41) is 0.581. The molecule has 0 aliphatic carbocycles. The van der Waals surface area contributed by atoms with E-state index in [2.05, 4.69) is 4.99 Å². The molecule has 0 spiro atoms. The number of aliphatic imine (C=N–C) groups is 1. The van der Waals surface area contributed by atoms with Crippen LogP contribution in [-0.2, 0) is 0 Å². The van der Waals surface area contributed by atoms with Gasteiger partial charge in [0, 0.05) is 5.69 Å².